The number of carbonyl (C=O) groups is 1. The maximum Gasteiger partial charge on any atom is 0.257 e. The maximum absolute atomic E-state index is 12.3. The van der Waals surface area contributed by atoms with Crippen LogP contribution < -0.4 is 10.2 Å². The van der Waals surface area contributed by atoms with Crippen molar-refractivity contribution in [3.05, 3.63) is 89.1 Å². The minimum atomic E-state index is -0.216. The first kappa shape index (κ1) is 17.0. The van der Waals surface area contributed by atoms with E-state index in [4.69, 9.17) is 11.6 Å². The first-order valence-electron chi connectivity index (χ1n) is 7.90. The smallest absolute Gasteiger partial charge is 0.257 e. The predicted octanol–water partition coefficient (Wildman–Crippen LogP) is 4.62. The van der Waals surface area contributed by atoms with Crippen LogP contribution in [-0.4, -0.2) is 17.9 Å². The zero-order chi connectivity index (χ0) is 17.6. The number of hydrogen-bond acceptors (Lipinski definition) is 3. The van der Waals surface area contributed by atoms with Crippen molar-refractivity contribution in [2.24, 2.45) is 0 Å². The van der Waals surface area contributed by atoms with Crippen LogP contribution in [0.25, 0.3) is 0 Å². The van der Waals surface area contributed by atoms with E-state index in [1.54, 1.807) is 36.5 Å². The largest absolute Gasteiger partial charge is 0.355 e. The average molecular weight is 352 g/mol. The number of aromatic nitrogens is 1. The Labute approximate surface area is 152 Å². The third-order valence-corrected chi connectivity index (χ3v) is 3.98. The molecule has 0 fully saturated rings. The van der Waals surface area contributed by atoms with Gasteiger partial charge in [0.2, 0.25) is 0 Å². The van der Waals surface area contributed by atoms with Crippen molar-refractivity contribution < 1.29 is 4.79 Å². The molecule has 4 nitrogen and oxygen atoms in total. The van der Waals surface area contributed by atoms with E-state index in [0.717, 1.165) is 12.4 Å². The molecule has 1 aromatic heterocycles. The third-order valence-electron chi connectivity index (χ3n) is 3.75. The minimum absolute atomic E-state index is 0.216. The number of carbonyl (C=O) groups excluding carboxylic acids is 1. The minimum Gasteiger partial charge on any atom is -0.355 e. The van der Waals surface area contributed by atoms with E-state index < -0.39 is 0 Å². The van der Waals surface area contributed by atoms with Crippen molar-refractivity contribution in [2.75, 3.05) is 17.3 Å². The summed E-state index contributed by atoms with van der Waals surface area (Å²) in [6, 6.07) is 20.8. The molecular formula is C20H18ClN3O. The van der Waals surface area contributed by atoms with Crippen molar-refractivity contribution in [2.45, 2.75) is 6.54 Å². The molecule has 0 aliphatic heterocycles. The predicted molar refractivity (Wildman–Crippen MR) is 102 cm³/mol. The molecule has 3 rings (SSSR count). The lowest BCUT2D eigenvalue weighted by Gasteiger charge is -2.18. The quantitative estimate of drug-likeness (QED) is 0.729. The van der Waals surface area contributed by atoms with Gasteiger partial charge in [-0.05, 0) is 35.9 Å². The summed E-state index contributed by atoms with van der Waals surface area (Å²) in [5.74, 6) is 0.593. The van der Waals surface area contributed by atoms with E-state index >= 15 is 0 Å². The first-order valence-corrected chi connectivity index (χ1v) is 8.27. The molecule has 0 spiro atoms. The van der Waals surface area contributed by atoms with Gasteiger partial charge in [-0.2, -0.15) is 0 Å². The van der Waals surface area contributed by atoms with E-state index in [1.807, 2.05) is 36.2 Å². The molecule has 0 saturated heterocycles. The summed E-state index contributed by atoms with van der Waals surface area (Å²) in [6.45, 7) is 0.752. The first-order chi connectivity index (χ1) is 12.1. The van der Waals surface area contributed by atoms with E-state index in [-0.39, 0.29) is 5.91 Å². The van der Waals surface area contributed by atoms with Gasteiger partial charge in [0.15, 0.2) is 0 Å². The molecule has 1 heterocycles. The molecule has 3 aromatic rings. The second-order valence-corrected chi connectivity index (χ2v) is 6.15. The fraction of sp³-hybridized carbons (Fsp3) is 0.100. The summed E-state index contributed by atoms with van der Waals surface area (Å²) in [7, 11) is 1.97. The van der Waals surface area contributed by atoms with Crippen LogP contribution in [0.1, 0.15) is 15.9 Å². The number of pyridine rings is 1. The van der Waals surface area contributed by atoms with Crippen molar-refractivity contribution in [1.29, 1.82) is 0 Å². The molecule has 5 heteroatoms. The number of benzene rings is 2. The highest BCUT2D eigenvalue weighted by molar-refractivity contribution is 6.30. The lowest BCUT2D eigenvalue weighted by molar-refractivity contribution is 0.102. The molecule has 1 amide bonds. The van der Waals surface area contributed by atoms with Gasteiger partial charge >= 0.3 is 0 Å². The summed E-state index contributed by atoms with van der Waals surface area (Å²) in [4.78, 5) is 18.7. The molecule has 2 aromatic carbocycles. The summed E-state index contributed by atoms with van der Waals surface area (Å²) in [6.07, 6.45) is 1.58. The molecule has 0 radical (unpaired) electrons. The van der Waals surface area contributed by atoms with Crippen LogP contribution in [0.3, 0.4) is 0 Å². The fourth-order valence-corrected chi connectivity index (χ4v) is 2.64. The number of nitrogens with zero attached hydrogens (tertiary/aromatic N) is 2. The Morgan fingerprint density at radius 1 is 1.08 bits per heavy atom. The normalized spacial score (nSPS) is 10.3. The molecule has 1 N–H and O–H groups in total. The van der Waals surface area contributed by atoms with Crippen molar-refractivity contribution in [3.8, 4) is 0 Å². The second kappa shape index (κ2) is 7.81. The number of amides is 1. The van der Waals surface area contributed by atoms with E-state index in [9.17, 15) is 4.79 Å². The SMILES string of the molecule is CN(Cc1ccccc1)c1ccc(C(=O)Nc2cccc(Cl)c2)cn1. The number of halogens is 1. The van der Waals surface area contributed by atoms with Gasteiger partial charge in [-0.15, -0.1) is 0 Å². The standard InChI is InChI=1S/C20H18ClN3O/c1-24(14-15-6-3-2-4-7-15)19-11-10-16(13-22-19)20(25)23-18-9-5-8-17(21)12-18/h2-13H,14H2,1H3,(H,23,25). The lowest BCUT2D eigenvalue weighted by Crippen LogP contribution is -2.18. The number of anilines is 2. The van der Waals surface area contributed by atoms with Crippen LogP contribution in [-0.2, 0) is 6.54 Å². The molecule has 0 aliphatic rings. The van der Waals surface area contributed by atoms with Crippen LogP contribution in [0.2, 0.25) is 5.02 Å². The Hall–Kier alpha value is -2.85. The maximum atomic E-state index is 12.3. The molecule has 0 bridgehead atoms. The Morgan fingerprint density at radius 2 is 1.88 bits per heavy atom. The Bertz CT molecular complexity index is 850. The monoisotopic (exact) mass is 351 g/mol. The molecule has 0 saturated carbocycles. The highest BCUT2D eigenvalue weighted by Crippen LogP contribution is 2.17. The van der Waals surface area contributed by atoms with Crippen LogP contribution in [0, 0.1) is 0 Å². The molecule has 126 valence electrons. The van der Waals surface area contributed by atoms with Crippen LogP contribution in [0.15, 0.2) is 72.9 Å². The van der Waals surface area contributed by atoms with E-state index in [2.05, 4.69) is 22.4 Å². The van der Waals surface area contributed by atoms with Crippen LogP contribution in [0.5, 0.6) is 0 Å². The van der Waals surface area contributed by atoms with Crippen molar-refractivity contribution >= 4 is 29.0 Å². The summed E-state index contributed by atoms with van der Waals surface area (Å²) in [5.41, 5.74) is 2.36. The molecule has 0 unspecified atom stereocenters. The second-order valence-electron chi connectivity index (χ2n) is 5.71. The van der Waals surface area contributed by atoms with Gasteiger partial charge in [-0.1, -0.05) is 48.0 Å². The summed E-state index contributed by atoms with van der Waals surface area (Å²) in [5, 5.41) is 3.39. The lowest BCUT2D eigenvalue weighted by atomic mass is 10.2. The van der Waals surface area contributed by atoms with Gasteiger partial charge in [0.1, 0.15) is 5.82 Å². The van der Waals surface area contributed by atoms with Crippen molar-refractivity contribution in [1.82, 2.24) is 4.98 Å². The highest BCUT2D eigenvalue weighted by atomic mass is 35.5. The Morgan fingerprint density at radius 3 is 2.56 bits per heavy atom. The third kappa shape index (κ3) is 4.58. The summed E-state index contributed by atoms with van der Waals surface area (Å²) >= 11 is 5.93. The topological polar surface area (TPSA) is 45.2 Å². The van der Waals surface area contributed by atoms with Gasteiger partial charge in [0.25, 0.3) is 5.91 Å². The molecule has 0 aliphatic carbocycles. The zero-order valence-electron chi connectivity index (χ0n) is 13.8. The average Bonchev–Trinajstić information content (AvgIpc) is 2.62. The summed E-state index contributed by atoms with van der Waals surface area (Å²) < 4.78 is 0. The number of hydrogen-bond donors (Lipinski definition) is 1. The van der Waals surface area contributed by atoms with Gasteiger partial charge in [-0.25, -0.2) is 4.98 Å². The number of nitrogens with one attached hydrogen (secondary N) is 1. The van der Waals surface area contributed by atoms with Gasteiger partial charge in [0.05, 0.1) is 5.56 Å². The zero-order valence-corrected chi connectivity index (χ0v) is 14.6. The number of rotatable bonds is 5. The highest BCUT2D eigenvalue weighted by Gasteiger charge is 2.09. The fourth-order valence-electron chi connectivity index (χ4n) is 2.45. The molecule has 25 heavy (non-hydrogen) atoms. The Kier molecular flexibility index (Phi) is 5.31. The van der Waals surface area contributed by atoms with Crippen LogP contribution in [0.4, 0.5) is 11.5 Å². The van der Waals surface area contributed by atoms with Crippen molar-refractivity contribution in [3.63, 3.8) is 0 Å². The van der Waals surface area contributed by atoms with Gasteiger partial charge < -0.3 is 10.2 Å². The van der Waals surface area contributed by atoms with Crippen LogP contribution >= 0.6 is 11.6 Å². The van der Waals surface area contributed by atoms with Gasteiger partial charge in [-0.3, -0.25) is 4.79 Å². The molecular weight excluding hydrogens is 334 g/mol. The van der Waals surface area contributed by atoms with Gasteiger partial charge in [0, 0.05) is 30.5 Å². The van der Waals surface area contributed by atoms with E-state index in [0.29, 0.717) is 16.3 Å². The van der Waals surface area contributed by atoms with E-state index in [1.165, 1.54) is 5.56 Å². The molecule has 0 atom stereocenters. The Balaban J connectivity index is 1.66.